The molecule has 0 heterocycles. The smallest absolute Gasteiger partial charge is 0.240 e. The zero-order chi connectivity index (χ0) is 14.3. The molecule has 7 nitrogen and oxygen atoms in total. The molecule has 0 saturated carbocycles. The topological polar surface area (TPSA) is 122 Å². The Morgan fingerprint density at radius 3 is 2.68 bits per heavy atom. The fraction of sp³-hybridized carbons (Fsp3) is 0.455. The van der Waals surface area contributed by atoms with Crippen LogP contribution in [0.5, 0.6) is 5.75 Å². The van der Waals surface area contributed by atoms with Crippen LogP contribution >= 0.6 is 0 Å². The Morgan fingerprint density at radius 1 is 1.32 bits per heavy atom. The van der Waals surface area contributed by atoms with Crippen LogP contribution < -0.4 is 10.5 Å². The maximum absolute atomic E-state index is 11.9. The maximum Gasteiger partial charge on any atom is 0.240 e. The third kappa shape index (κ3) is 5.03. The fourth-order valence-electron chi connectivity index (χ4n) is 1.33. The molecular weight excluding hydrogens is 272 g/mol. The van der Waals surface area contributed by atoms with Crippen LogP contribution in [0.4, 0.5) is 5.69 Å². The Bertz CT molecular complexity index is 504. The standard InChI is InChI=1S/C11H18N2O5S/c12-10-8-9(2-3-11(10)15)19(16,17)13-4-1-6-18-7-5-14/h2-3,8,13-15H,1,4-7,12H2. The van der Waals surface area contributed by atoms with E-state index in [-0.39, 0.29) is 36.1 Å². The summed E-state index contributed by atoms with van der Waals surface area (Å²) in [6.07, 6.45) is 0.493. The number of anilines is 1. The number of aliphatic hydroxyl groups is 1. The summed E-state index contributed by atoms with van der Waals surface area (Å²) in [5.74, 6) is -0.156. The number of nitrogen functional groups attached to an aromatic ring is 1. The monoisotopic (exact) mass is 290 g/mol. The number of hydrogen-bond donors (Lipinski definition) is 4. The predicted octanol–water partition coefficient (Wildman–Crippen LogP) is -0.348. The summed E-state index contributed by atoms with van der Waals surface area (Å²) in [4.78, 5) is -0.000855. The van der Waals surface area contributed by atoms with Gasteiger partial charge in [0.15, 0.2) is 0 Å². The average molecular weight is 290 g/mol. The highest BCUT2D eigenvalue weighted by Crippen LogP contribution is 2.22. The minimum Gasteiger partial charge on any atom is -0.506 e. The molecule has 19 heavy (non-hydrogen) atoms. The molecule has 0 saturated heterocycles. The number of phenols is 1. The van der Waals surface area contributed by atoms with Crippen LogP contribution in [-0.4, -0.2) is 45.0 Å². The number of sulfonamides is 1. The Kier molecular flexibility index (Phi) is 6.03. The van der Waals surface area contributed by atoms with E-state index in [2.05, 4.69) is 4.72 Å². The summed E-state index contributed by atoms with van der Waals surface area (Å²) in [6.45, 7) is 0.759. The molecule has 5 N–H and O–H groups in total. The number of phenolic OH excluding ortho intramolecular Hbond substituents is 1. The largest absolute Gasteiger partial charge is 0.506 e. The van der Waals surface area contributed by atoms with Gasteiger partial charge < -0.3 is 20.7 Å². The molecule has 0 aliphatic heterocycles. The quantitative estimate of drug-likeness (QED) is 0.295. The van der Waals surface area contributed by atoms with E-state index in [1.807, 2.05) is 0 Å². The van der Waals surface area contributed by atoms with Crippen LogP contribution in [0.25, 0.3) is 0 Å². The average Bonchev–Trinajstić information content (AvgIpc) is 2.36. The van der Waals surface area contributed by atoms with E-state index < -0.39 is 10.0 Å². The molecule has 0 aliphatic rings. The molecule has 1 aromatic rings. The van der Waals surface area contributed by atoms with Crippen molar-refractivity contribution in [3.05, 3.63) is 18.2 Å². The molecule has 0 radical (unpaired) electrons. The summed E-state index contributed by atoms with van der Waals surface area (Å²) >= 11 is 0. The Morgan fingerprint density at radius 2 is 2.05 bits per heavy atom. The van der Waals surface area contributed by atoms with Gasteiger partial charge in [-0.15, -0.1) is 0 Å². The molecule has 108 valence electrons. The van der Waals surface area contributed by atoms with E-state index in [4.69, 9.17) is 15.6 Å². The second-order valence-electron chi connectivity index (χ2n) is 3.81. The van der Waals surface area contributed by atoms with Crippen LogP contribution in [0.1, 0.15) is 6.42 Å². The number of nitrogens with two attached hydrogens (primary N) is 1. The van der Waals surface area contributed by atoms with Gasteiger partial charge >= 0.3 is 0 Å². The fourth-order valence-corrected chi connectivity index (χ4v) is 2.44. The van der Waals surface area contributed by atoms with Gasteiger partial charge in [-0.05, 0) is 24.6 Å². The number of benzene rings is 1. The van der Waals surface area contributed by atoms with Crippen molar-refractivity contribution in [2.75, 3.05) is 32.1 Å². The van der Waals surface area contributed by atoms with Crippen LogP contribution in [0.15, 0.2) is 23.1 Å². The highest BCUT2D eigenvalue weighted by Gasteiger charge is 2.14. The van der Waals surface area contributed by atoms with Gasteiger partial charge in [0.25, 0.3) is 0 Å². The molecular formula is C11H18N2O5S. The van der Waals surface area contributed by atoms with Gasteiger partial charge in [-0.1, -0.05) is 0 Å². The zero-order valence-electron chi connectivity index (χ0n) is 10.4. The second-order valence-corrected chi connectivity index (χ2v) is 5.57. The summed E-state index contributed by atoms with van der Waals surface area (Å²) in [5.41, 5.74) is 5.45. The molecule has 8 heteroatoms. The maximum atomic E-state index is 11.9. The van der Waals surface area contributed by atoms with Crippen LogP contribution in [-0.2, 0) is 14.8 Å². The third-order valence-corrected chi connectivity index (χ3v) is 3.76. The molecule has 0 spiro atoms. The van der Waals surface area contributed by atoms with E-state index >= 15 is 0 Å². The first-order chi connectivity index (χ1) is 8.97. The minimum atomic E-state index is -3.64. The van der Waals surface area contributed by atoms with E-state index in [9.17, 15) is 13.5 Å². The lowest BCUT2D eigenvalue weighted by molar-refractivity contribution is 0.0913. The van der Waals surface area contributed by atoms with Gasteiger partial charge in [0.2, 0.25) is 10.0 Å². The van der Waals surface area contributed by atoms with Gasteiger partial charge in [-0.2, -0.15) is 0 Å². The molecule has 0 atom stereocenters. The van der Waals surface area contributed by atoms with E-state index in [1.54, 1.807) is 0 Å². The van der Waals surface area contributed by atoms with Crippen molar-refractivity contribution >= 4 is 15.7 Å². The van der Waals surface area contributed by atoms with Crippen LogP contribution in [0, 0.1) is 0 Å². The Balaban J connectivity index is 2.49. The second kappa shape index (κ2) is 7.29. The first kappa shape index (κ1) is 15.7. The summed E-state index contributed by atoms with van der Waals surface area (Å²) in [6, 6.07) is 3.70. The number of nitrogens with one attached hydrogen (secondary N) is 1. The molecule has 0 fully saturated rings. The van der Waals surface area contributed by atoms with Crippen molar-refractivity contribution in [1.82, 2.24) is 4.72 Å². The lowest BCUT2D eigenvalue weighted by Crippen LogP contribution is -2.25. The molecule has 1 aromatic carbocycles. The van der Waals surface area contributed by atoms with Gasteiger partial charge in [-0.25, -0.2) is 13.1 Å². The van der Waals surface area contributed by atoms with Gasteiger partial charge in [-0.3, -0.25) is 0 Å². The first-order valence-corrected chi connectivity index (χ1v) is 7.22. The number of rotatable bonds is 8. The van der Waals surface area contributed by atoms with Gasteiger partial charge in [0.1, 0.15) is 5.75 Å². The normalized spacial score (nSPS) is 11.6. The highest BCUT2D eigenvalue weighted by molar-refractivity contribution is 7.89. The van der Waals surface area contributed by atoms with Crippen molar-refractivity contribution in [2.24, 2.45) is 0 Å². The SMILES string of the molecule is Nc1cc(S(=O)(=O)NCCCOCCO)ccc1O. The summed E-state index contributed by atoms with van der Waals surface area (Å²) < 4.78 is 31.1. The third-order valence-electron chi connectivity index (χ3n) is 2.30. The van der Waals surface area contributed by atoms with Crippen molar-refractivity contribution in [3.8, 4) is 5.75 Å². The number of aromatic hydroxyl groups is 1. The minimum absolute atomic E-state index is 0.000855. The summed E-state index contributed by atoms with van der Waals surface area (Å²) in [5, 5.41) is 17.7. The molecule has 0 amide bonds. The molecule has 0 aromatic heterocycles. The molecule has 0 bridgehead atoms. The summed E-state index contributed by atoms with van der Waals surface area (Å²) in [7, 11) is -3.64. The van der Waals surface area contributed by atoms with E-state index in [1.165, 1.54) is 18.2 Å². The van der Waals surface area contributed by atoms with E-state index in [0.29, 0.717) is 13.0 Å². The van der Waals surface area contributed by atoms with Gasteiger partial charge in [0, 0.05) is 13.2 Å². The van der Waals surface area contributed by atoms with Crippen molar-refractivity contribution in [1.29, 1.82) is 0 Å². The zero-order valence-corrected chi connectivity index (χ0v) is 11.2. The first-order valence-electron chi connectivity index (χ1n) is 5.74. The van der Waals surface area contributed by atoms with Crippen molar-refractivity contribution in [2.45, 2.75) is 11.3 Å². The lowest BCUT2D eigenvalue weighted by atomic mass is 10.3. The van der Waals surface area contributed by atoms with E-state index in [0.717, 1.165) is 0 Å². The lowest BCUT2D eigenvalue weighted by Gasteiger charge is -2.08. The van der Waals surface area contributed by atoms with Crippen molar-refractivity contribution < 1.29 is 23.4 Å². The number of hydrogen-bond acceptors (Lipinski definition) is 6. The van der Waals surface area contributed by atoms with Crippen LogP contribution in [0.2, 0.25) is 0 Å². The Labute approximate surface area is 112 Å². The molecule has 0 unspecified atom stereocenters. The number of aliphatic hydroxyl groups excluding tert-OH is 1. The van der Waals surface area contributed by atoms with Crippen LogP contribution in [0.3, 0.4) is 0 Å². The Hall–Kier alpha value is -1.35. The highest BCUT2D eigenvalue weighted by atomic mass is 32.2. The van der Waals surface area contributed by atoms with Gasteiger partial charge in [0.05, 0.1) is 23.8 Å². The molecule has 0 aliphatic carbocycles. The number of ether oxygens (including phenoxy) is 1. The predicted molar refractivity (Wildman–Crippen MR) is 70.2 cm³/mol. The van der Waals surface area contributed by atoms with Crippen molar-refractivity contribution in [3.63, 3.8) is 0 Å². The molecule has 1 rings (SSSR count).